The summed E-state index contributed by atoms with van der Waals surface area (Å²) in [6, 6.07) is 0.185. The summed E-state index contributed by atoms with van der Waals surface area (Å²) in [5.74, 6) is 0.395. The fourth-order valence-corrected chi connectivity index (χ4v) is 2.50. The number of hydrogen-bond donors (Lipinski definition) is 1. The largest absolute Gasteiger partial charge is 0.353 e. The molecule has 3 heteroatoms. The Morgan fingerprint density at radius 1 is 1.20 bits per heavy atom. The van der Waals surface area contributed by atoms with Crippen LogP contribution >= 0.6 is 11.6 Å². The molecule has 0 heterocycles. The van der Waals surface area contributed by atoms with Gasteiger partial charge in [-0.3, -0.25) is 4.79 Å². The van der Waals surface area contributed by atoms with Crippen molar-refractivity contribution in [2.75, 3.05) is 0 Å². The Morgan fingerprint density at radius 2 is 1.73 bits per heavy atom. The fourth-order valence-electron chi connectivity index (χ4n) is 2.18. The van der Waals surface area contributed by atoms with Crippen LogP contribution in [0.4, 0.5) is 0 Å². The van der Waals surface area contributed by atoms with Gasteiger partial charge in [0.2, 0.25) is 5.91 Å². The SMILES string of the molecule is CC(C)NC(=O)C(Cl)C1CCCCCC1. The zero-order valence-electron chi connectivity index (χ0n) is 9.76. The maximum absolute atomic E-state index is 11.7. The quantitative estimate of drug-likeness (QED) is 0.587. The van der Waals surface area contributed by atoms with Gasteiger partial charge in [-0.2, -0.15) is 0 Å². The van der Waals surface area contributed by atoms with Gasteiger partial charge >= 0.3 is 0 Å². The number of amides is 1. The van der Waals surface area contributed by atoms with Gasteiger partial charge < -0.3 is 5.32 Å². The Hall–Kier alpha value is -0.240. The Morgan fingerprint density at radius 3 is 2.20 bits per heavy atom. The molecule has 0 aromatic carbocycles. The lowest BCUT2D eigenvalue weighted by Crippen LogP contribution is -2.39. The second-order valence-electron chi connectivity index (χ2n) is 4.82. The molecule has 0 aromatic rings. The zero-order chi connectivity index (χ0) is 11.3. The van der Waals surface area contributed by atoms with Crippen molar-refractivity contribution < 1.29 is 4.79 Å². The number of hydrogen-bond acceptors (Lipinski definition) is 1. The highest BCUT2D eigenvalue weighted by Gasteiger charge is 2.26. The topological polar surface area (TPSA) is 29.1 Å². The van der Waals surface area contributed by atoms with E-state index in [1.807, 2.05) is 13.8 Å². The smallest absolute Gasteiger partial charge is 0.238 e. The van der Waals surface area contributed by atoms with Crippen molar-refractivity contribution in [3.8, 4) is 0 Å². The molecule has 1 saturated carbocycles. The summed E-state index contributed by atoms with van der Waals surface area (Å²) in [6.45, 7) is 3.93. The Balaban J connectivity index is 2.42. The van der Waals surface area contributed by atoms with Crippen LogP contribution in [-0.2, 0) is 4.79 Å². The summed E-state index contributed by atoms with van der Waals surface area (Å²) in [6.07, 6.45) is 7.27. The first-order chi connectivity index (χ1) is 7.11. The van der Waals surface area contributed by atoms with Crippen LogP contribution in [0.1, 0.15) is 52.4 Å². The predicted octanol–water partition coefficient (Wildman–Crippen LogP) is 3.09. The summed E-state index contributed by atoms with van der Waals surface area (Å²) in [5, 5.41) is 2.56. The minimum atomic E-state index is -0.328. The number of alkyl halides is 1. The molecular formula is C12H22ClNO. The van der Waals surface area contributed by atoms with Crippen LogP contribution in [0.5, 0.6) is 0 Å². The lowest BCUT2D eigenvalue weighted by atomic mass is 9.95. The van der Waals surface area contributed by atoms with Gasteiger partial charge in [-0.05, 0) is 32.6 Å². The van der Waals surface area contributed by atoms with Crippen LogP contribution in [0.2, 0.25) is 0 Å². The van der Waals surface area contributed by atoms with Crippen molar-refractivity contribution >= 4 is 17.5 Å². The average Bonchev–Trinajstić information content (AvgIpc) is 2.43. The lowest BCUT2D eigenvalue weighted by molar-refractivity contribution is -0.122. The van der Waals surface area contributed by atoms with E-state index in [0.29, 0.717) is 5.92 Å². The van der Waals surface area contributed by atoms with Crippen molar-refractivity contribution in [3.63, 3.8) is 0 Å². The van der Waals surface area contributed by atoms with E-state index < -0.39 is 0 Å². The van der Waals surface area contributed by atoms with Crippen molar-refractivity contribution in [2.45, 2.75) is 63.8 Å². The van der Waals surface area contributed by atoms with E-state index in [1.165, 1.54) is 25.7 Å². The first kappa shape index (κ1) is 12.8. The van der Waals surface area contributed by atoms with Gasteiger partial charge in [-0.25, -0.2) is 0 Å². The summed E-state index contributed by atoms with van der Waals surface area (Å²) >= 11 is 6.21. The highest BCUT2D eigenvalue weighted by Crippen LogP contribution is 2.28. The molecular weight excluding hydrogens is 210 g/mol. The van der Waals surface area contributed by atoms with Crippen LogP contribution in [-0.4, -0.2) is 17.3 Å². The Labute approximate surface area is 97.8 Å². The van der Waals surface area contributed by atoms with Gasteiger partial charge in [0.15, 0.2) is 0 Å². The molecule has 0 aromatic heterocycles. The molecule has 0 aliphatic heterocycles. The molecule has 1 aliphatic carbocycles. The van der Waals surface area contributed by atoms with Crippen LogP contribution in [0.25, 0.3) is 0 Å². The molecule has 1 fully saturated rings. The van der Waals surface area contributed by atoms with E-state index in [1.54, 1.807) is 0 Å². The first-order valence-corrected chi connectivity index (χ1v) is 6.49. The Kier molecular flexibility index (Phi) is 5.44. The van der Waals surface area contributed by atoms with Crippen LogP contribution in [0.15, 0.2) is 0 Å². The molecule has 1 rings (SSSR count). The number of carbonyl (C=O) groups is 1. The predicted molar refractivity (Wildman–Crippen MR) is 64.1 cm³/mol. The molecule has 88 valence electrons. The Bertz CT molecular complexity index is 198. The van der Waals surface area contributed by atoms with Crippen LogP contribution in [0, 0.1) is 5.92 Å². The average molecular weight is 232 g/mol. The third-order valence-electron chi connectivity index (χ3n) is 3.00. The molecule has 1 unspecified atom stereocenters. The van der Waals surface area contributed by atoms with E-state index in [-0.39, 0.29) is 17.3 Å². The summed E-state index contributed by atoms with van der Waals surface area (Å²) in [7, 11) is 0. The maximum Gasteiger partial charge on any atom is 0.238 e. The van der Waals surface area contributed by atoms with Crippen LogP contribution in [0.3, 0.4) is 0 Å². The van der Waals surface area contributed by atoms with E-state index in [4.69, 9.17) is 11.6 Å². The van der Waals surface area contributed by atoms with E-state index in [0.717, 1.165) is 12.8 Å². The van der Waals surface area contributed by atoms with Gasteiger partial charge in [-0.1, -0.05) is 25.7 Å². The second kappa shape index (κ2) is 6.37. The molecule has 15 heavy (non-hydrogen) atoms. The van der Waals surface area contributed by atoms with Crippen molar-refractivity contribution in [1.82, 2.24) is 5.32 Å². The number of rotatable bonds is 3. The molecule has 0 bridgehead atoms. The van der Waals surface area contributed by atoms with Crippen molar-refractivity contribution in [3.05, 3.63) is 0 Å². The monoisotopic (exact) mass is 231 g/mol. The minimum absolute atomic E-state index is 0.0126. The molecule has 2 nitrogen and oxygen atoms in total. The summed E-state index contributed by atoms with van der Waals surface area (Å²) < 4.78 is 0. The van der Waals surface area contributed by atoms with Gasteiger partial charge in [-0.15, -0.1) is 11.6 Å². The summed E-state index contributed by atoms with van der Waals surface area (Å²) in [5.41, 5.74) is 0. The highest BCUT2D eigenvalue weighted by molar-refractivity contribution is 6.31. The molecule has 0 spiro atoms. The van der Waals surface area contributed by atoms with E-state index >= 15 is 0 Å². The third-order valence-corrected chi connectivity index (χ3v) is 3.55. The van der Waals surface area contributed by atoms with Crippen molar-refractivity contribution in [2.24, 2.45) is 5.92 Å². The molecule has 1 atom stereocenters. The first-order valence-electron chi connectivity index (χ1n) is 6.05. The molecule has 1 amide bonds. The molecule has 1 aliphatic rings. The number of nitrogens with one attached hydrogen (secondary N) is 1. The number of halogens is 1. The molecule has 0 radical (unpaired) electrons. The van der Waals surface area contributed by atoms with Gasteiger partial charge in [0, 0.05) is 6.04 Å². The third kappa shape index (κ3) is 4.42. The van der Waals surface area contributed by atoms with Crippen molar-refractivity contribution in [1.29, 1.82) is 0 Å². The van der Waals surface area contributed by atoms with Gasteiger partial charge in [0.05, 0.1) is 0 Å². The van der Waals surface area contributed by atoms with Crippen LogP contribution < -0.4 is 5.32 Å². The number of carbonyl (C=O) groups excluding carboxylic acids is 1. The summed E-state index contributed by atoms with van der Waals surface area (Å²) in [4.78, 5) is 11.7. The van der Waals surface area contributed by atoms with E-state index in [2.05, 4.69) is 5.32 Å². The lowest BCUT2D eigenvalue weighted by Gasteiger charge is -2.20. The molecule has 1 N–H and O–H groups in total. The molecule has 0 saturated heterocycles. The second-order valence-corrected chi connectivity index (χ2v) is 5.29. The van der Waals surface area contributed by atoms with E-state index in [9.17, 15) is 4.79 Å². The standard InChI is InChI=1S/C12H22ClNO/c1-9(2)14-12(15)11(13)10-7-5-3-4-6-8-10/h9-11H,3-8H2,1-2H3,(H,14,15). The zero-order valence-corrected chi connectivity index (χ0v) is 10.5. The minimum Gasteiger partial charge on any atom is -0.353 e. The normalized spacial score (nSPS) is 21.1. The van der Waals surface area contributed by atoms with Gasteiger partial charge in [0.25, 0.3) is 0 Å². The highest BCUT2D eigenvalue weighted by atomic mass is 35.5. The maximum atomic E-state index is 11.7. The van der Waals surface area contributed by atoms with Gasteiger partial charge in [0.1, 0.15) is 5.38 Å². The fraction of sp³-hybridized carbons (Fsp3) is 0.917.